The third-order valence-electron chi connectivity index (χ3n) is 4.07. The molecular formula is C21H19N5O. The van der Waals surface area contributed by atoms with Gasteiger partial charge in [0.2, 0.25) is 5.95 Å². The van der Waals surface area contributed by atoms with Gasteiger partial charge in [0.15, 0.2) is 5.82 Å². The van der Waals surface area contributed by atoms with Crippen molar-refractivity contribution in [3.05, 3.63) is 78.1 Å². The third kappa shape index (κ3) is 3.95. The van der Waals surface area contributed by atoms with Gasteiger partial charge in [-0.1, -0.05) is 53.7 Å². The van der Waals surface area contributed by atoms with Crippen LogP contribution in [0.4, 0.5) is 23.3 Å². The molecule has 0 bridgehead atoms. The topological polar surface area (TPSA) is 75.9 Å². The van der Waals surface area contributed by atoms with Gasteiger partial charge in [-0.2, -0.15) is 4.98 Å². The van der Waals surface area contributed by atoms with Crippen LogP contribution >= 0.6 is 0 Å². The minimum Gasteiger partial charge on any atom is -0.360 e. The van der Waals surface area contributed by atoms with E-state index in [9.17, 15) is 0 Å². The van der Waals surface area contributed by atoms with E-state index in [1.54, 1.807) is 0 Å². The molecule has 0 amide bonds. The van der Waals surface area contributed by atoms with E-state index in [1.165, 1.54) is 0 Å². The van der Waals surface area contributed by atoms with E-state index < -0.39 is 0 Å². The first-order valence-electron chi connectivity index (χ1n) is 8.65. The van der Waals surface area contributed by atoms with Crippen LogP contribution in [-0.4, -0.2) is 15.1 Å². The summed E-state index contributed by atoms with van der Waals surface area (Å²) in [5.41, 5.74) is 3.90. The lowest BCUT2D eigenvalue weighted by Crippen LogP contribution is -2.03. The van der Waals surface area contributed by atoms with Gasteiger partial charge in [-0.15, -0.1) is 0 Å². The molecule has 2 aromatic heterocycles. The Hall–Kier alpha value is -3.67. The number of hydrogen-bond donors (Lipinski definition) is 2. The first kappa shape index (κ1) is 16.8. The first-order chi connectivity index (χ1) is 13.2. The molecule has 2 aromatic carbocycles. The Kier molecular flexibility index (Phi) is 4.53. The maximum absolute atomic E-state index is 5.12. The fraction of sp³-hybridized carbons (Fsp3) is 0.0952. The molecule has 6 nitrogen and oxygen atoms in total. The molecule has 0 aliphatic heterocycles. The van der Waals surface area contributed by atoms with Crippen LogP contribution in [0.2, 0.25) is 0 Å². The van der Waals surface area contributed by atoms with Crippen LogP contribution in [0.1, 0.15) is 11.3 Å². The van der Waals surface area contributed by atoms with Gasteiger partial charge in [0.05, 0.1) is 5.69 Å². The number of nitrogens with one attached hydrogen (secondary N) is 2. The van der Waals surface area contributed by atoms with Crippen LogP contribution in [-0.2, 0) is 0 Å². The van der Waals surface area contributed by atoms with Crippen molar-refractivity contribution < 1.29 is 4.52 Å². The number of aromatic nitrogens is 3. The van der Waals surface area contributed by atoms with Crippen LogP contribution < -0.4 is 10.6 Å². The summed E-state index contributed by atoms with van der Waals surface area (Å²) in [6, 6.07) is 21.7. The lowest BCUT2D eigenvalue weighted by Gasteiger charge is -2.11. The van der Waals surface area contributed by atoms with Crippen molar-refractivity contribution in [3.63, 3.8) is 0 Å². The molecule has 4 rings (SSSR count). The van der Waals surface area contributed by atoms with Crippen molar-refractivity contribution in [1.82, 2.24) is 15.1 Å². The second-order valence-corrected chi connectivity index (χ2v) is 6.22. The number of aryl methyl sites for hydroxylation is 2. The summed E-state index contributed by atoms with van der Waals surface area (Å²) >= 11 is 0. The molecule has 0 saturated carbocycles. The van der Waals surface area contributed by atoms with E-state index in [2.05, 4.69) is 25.8 Å². The minimum atomic E-state index is 0.508. The van der Waals surface area contributed by atoms with E-state index >= 15 is 0 Å². The van der Waals surface area contributed by atoms with Gasteiger partial charge in [0.25, 0.3) is 0 Å². The lowest BCUT2D eigenvalue weighted by atomic mass is 10.1. The first-order valence-corrected chi connectivity index (χ1v) is 8.65. The molecule has 0 spiro atoms. The molecule has 0 atom stereocenters. The number of rotatable bonds is 5. The van der Waals surface area contributed by atoms with E-state index in [4.69, 9.17) is 4.52 Å². The summed E-state index contributed by atoms with van der Waals surface area (Å²) in [6.45, 7) is 3.89. The summed E-state index contributed by atoms with van der Waals surface area (Å²) in [5.74, 6) is 2.47. The molecule has 0 unspecified atom stereocenters. The molecule has 2 N–H and O–H groups in total. The highest BCUT2D eigenvalue weighted by Crippen LogP contribution is 2.25. The quantitative estimate of drug-likeness (QED) is 0.509. The normalized spacial score (nSPS) is 10.6. The monoisotopic (exact) mass is 357 g/mol. The van der Waals surface area contributed by atoms with Crippen molar-refractivity contribution in [2.45, 2.75) is 13.8 Å². The Balaban J connectivity index is 1.73. The van der Waals surface area contributed by atoms with Gasteiger partial charge in [0.1, 0.15) is 11.6 Å². The highest BCUT2D eigenvalue weighted by atomic mass is 16.5. The number of anilines is 4. The third-order valence-corrected chi connectivity index (χ3v) is 4.07. The molecule has 0 saturated heterocycles. The minimum absolute atomic E-state index is 0.508. The molecule has 0 aliphatic carbocycles. The molecule has 0 fully saturated rings. The maximum Gasteiger partial charge on any atom is 0.229 e. The van der Waals surface area contributed by atoms with Crippen LogP contribution in [0, 0.1) is 13.8 Å². The van der Waals surface area contributed by atoms with Crippen LogP contribution in [0.3, 0.4) is 0 Å². The molecule has 0 radical (unpaired) electrons. The zero-order valence-electron chi connectivity index (χ0n) is 15.1. The van der Waals surface area contributed by atoms with Gasteiger partial charge in [0, 0.05) is 23.4 Å². The van der Waals surface area contributed by atoms with Crippen molar-refractivity contribution in [1.29, 1.82) is 0 Å². The lowest BCUT2D eigenvalue weighted by molar-refractivity contribution is 0.400. The number of para-hydroxylation sites is 1. The SMILES string of the molecule is Cc1cc(Nc2cc(-c3ccccc3)nc(Nc3ccccc3C)n2)no1. The maximum atomic E-state index is 5.12. The van der Waals surface area contributed by atoms with Gasteiger partial charge in [-0.3, -0.25) is 0 Å². The fourth-order valence-electron chi connectivity index (χ4n) is 2.71. The Labute approximate surface area is 157 Å². The van der Waals surface area contributed by atoms with E-state index in [0.29, 0.717) is 17.6 Å². The molecular weight excluding hydrogens is 338 g/mol. The fourth-order valence-corrected chi connectivity index (χ4v) is 2.71. The summed E-state index contributed by atoms with van der Waals surface area (Å²) in [7, 11) is 0. The Morgan fingerprint density at radius 1 is 0.778 bits per heavy atom. The average Bonchev–Trinajstić information content (AvgIpc) is 3.09. The Bertz CT molecular complexity index is 1060. The zero-order valence-corrected chi connectivity index (χ0v) is 15.1. The van der Waals surface area contributed by atoms with Crippen LogP contribution in [0.15, 0.2) is 71.3 Å². The summed E-state index contributed by atoms with van der Waals surface area (Å²) in [6.07, 6.45) is 0. The summed E-state index contributed by atoms with van der Waals surface area (Å²) < 4.78 is 5.12. The zero-order chi connectivity index (χ0) is 18.6. The molecule has 4 aromatic rings. The van der Waals surface area contributed by atoms with Gasteiger partial charge >= 0.3 is 0 Å². The molecule has 6 heteroatoms. The van der Waals surface area contributed by atoms with Gasteiger partial charge < -0.3 is 15.2 Å². The summed E-state index contributed by atoms with van der Waals surface area (Å²) in [5, 5.41) is 10.5. The standard InChI is InChI=1S/C21H19N5O/c1-14-8-6-7-11-17(14)22-21-23-18(16-9-4-3-5-10-16)13-19(25-21)24-20-12-15(2)27-26-20/h3-13H,1-2H3,(H2,22,23,24,25,26). The smallest absolute Gasteiger partial charge is 0.229 e. The number of hydrogen-bond acceptors (Lipinski definition) is 6. The number of nitrogens with zero attached hydrogens (tertiary/aromatic N) is 3. The van der Waals surface area contributed by atoms with Crippen molar-refractivity contribution in [3.8, 4) is 11.3 Å². The Morgan fingerprint density at radius 2 is 1.56 bits per heavy atom. The highest BCUT2D eigenvalue weighted by molar-refractivity contribution is 5.68. The molecule has 2 heterocycles. The van der Waals surface area contributed by atoms with Gasteiger partial charge in [-0.05, 0) is 25.5 Å². The second kappa shape index (κ2) is 7.29. The number of benzene rings is 2. The molecule has 27 heavy (non-hydrogen) atoms. The van der Waals surface area contributed by atoms with Crippen molar-refractivity contribution >= 4 is 23.3 Å². The van der Waals surface area contributed by atoms with Crippen molar-refractivity contribution in [2.24, 2.45) is 0 Å². The van der Waals surface area contributed by atoms with Crippen LogP contribution in [0.25, 0.3) is 11.3 Å². The average molecular weight is 357 g/mol. The van der Waals surface area contributed by atoms with E-state index in [0.717, 1.165) is 28.3 Å². The second-order valence-electron chi connectivity index (χ2n) is 6.22. The molecule has 134 valence electrons. The molecule has 0 aliphatic rings. The predicted molar refractivity (Wildman–Crippen MR) is 106 cm³/mol. The predicted octanol–water partition coefficient (Wildman–Crippen LogP) is 5.24. The summed E-state index contributed by atoms with van der Waals surface area (Å²) in [4.78, 5) is 9.27. The van der Waals surface area contributed by atoms with Crippen LogP contribution in [0.5, 0.6) is 0 Å². The van der Waals surface area contributed by atoms with Crippen molar-refractivity contribution in [2.75, 3.05) is 10.6 Å². The van der Waals surface area contributed by atoms with E-state index in [1.807, 2.05) is 80.6 Å². The van der Waals surface area contributed by atoms with E-state index in [-0.39, 0.29) is 0 Å². The Morgan fingerprint density at radius 3 is 2.30 bits per heavy atom. The largest absolute Gasteiger partial charge is 0.360 e. The highest BCUT2D eigenvalue weighted by Gasteiger charge is 2.10. The van der Waals surface area contributed by atoms with Gasteiger partial charge in [-0.25, -0.2) is 4.98 Å².